The molecule has 0 radical (unpaired) electrons. The Balaban J connectivity index is 1.60. The Kier molecular flexibility index (Phi) is 9.52. The van der Waals surface area contributed by atoms with Crippen LogP contribution in [0.3, 0.4) is 0 Å². The van der Waals surface area contributed by atoms with Gasteiger partial charge in [-0.3, -0.25) is 9.59 Å². The summed E-state index contributed by atoms with van der Waals surface area (Å²) < 4.78 is 36.1. The Morgan fingerprint density at radius 3 is 2.40 bits per heavy atom. The molecular weight excluding hydrogens is 578 g/mol. The topological polar surface area (TPSA) is 137 Å². The van der Waals surface area contributed by atoms with E-state index < -0.39 is 28.4 Å². The summed E-state index contributed by atoms with van der Waals surface area (Å²) in [5, 5.41) is 3.01. The predicted octanol–water partition coefficient (Wildman–Crippen LogP) is 5.32. The van der Waals surface area contributed by atoms with E-state index in [1.54, 1.807) is 38.1 Å². The number of nitrogen functional groups attached to an aromatic ring is 1. The SMILES string of the molecule is Cc1nc(N(CC(=O)O[C@@H]2C[C@H](C)CC[C@@H]2C(C)C)S(=O)(=O)c2ccc(NC(=O)c3ccccc3Cl)cc2)c(C)n1N. The molecule has 1 heterocycles. The quantitative estimate of drug-likeness (QED) is 0.246. The Labute approximate surface area is 252 Å². The highest BCUT2D eigenvalue weighted by Crippen LogP contribution is 2.36. The average molecular weight is 616 g/mol. The minimum Gasteiger partial charge on any atom is -0.461 e. The maximum atomic E-state index is 14.0. The number of anilines is 2. The molecule has 3 atom stereocenters. The molecule has 1 fully saturated rings. The number of aromatic nitrogens is 2. The molecule has 1 aliphatic rings. The zero-order chi connectivity index (χ0) is 30.8. The lowest BCUT2D eigenvalue weighted by Gasteiger charge is -2.37. The third-order valence-electron chi connectivity index (χ3n) is 7.87. The van der Waals surface area contributed by atoms with Gasteiger partial charge in [-0.05, 0) is 80.8 Å². The summed E-state index contributed by atoms with van der Waals surface area (Å²) in [7, 11) is -4.29. The van der Waals surface area contributed by atoms with E-state index in [9.17, 15) is 18.0 Å². The summed E-state index contributed by atoms with van der Waals surface area (Å²) in [6.07, 6.45) is 2.46. The lowest BCUT2D eigenvalue weighted by Crippen LogP contribution is -2.41. The van der Waals surface area contributed by atoms with Crippen LogP contribution in [0.4, 0.5) is 11.5 Å². The number of nitrogens with one attached hydrogen (secondary N) is 1. The van der Waals surface area contributed by atoms with Crippen molar-refractivity contribution < 1.29 is 22.7 Å². The molecule has 1 aliphatic carbocycles. The highest BCUT2D eigenvalue weighted by molar-refractivity contribution is 7.92. The molecule has 2 aromatic carbocycles. The van der Waals surface area contributed by atoms with Crippen molar-refractivity contribution in [3.8, 4) is 0 Å². The number of rotatable bonds is 9. The standard InChI is InChI=1S/C30H38ClN5O5S/c1-18(2)24-15-10-19(3)16-27(24)41-28(37)17-35(29-20(4)36(32)21(5)33-29)42(39,40)23-13-11-22(12-14-23)34-30(38)25-8-6-7-9-26(25)31/h6-9,11-14,18-19,24,27H,10,15-17,32H2,1-5H3,(H,34,38)/t19-,24-,27-/m1/s1. The van der Waals surface area contributed by atoms with Gasteiger partial charge in [-0.15, -0.1) is 0 Å². The molecule has 0 spiro atoms. The molecule has 4 rings (SSSR count). The van der Waals surface area contributed by atoms with Crippen LogP contribution in [0.1, 0.15) is 61.9 Å². The summed E-state index contributed by atoms with van der Waals surface area (Å²) >= 11 is 6.12. The van der Waals surface area contributed by atoms with Crippen molar-refractivity contribution >= 4 is 45.0 Å². The van der Waals surface area contributed by atoms with Crippen LogP contribution in [0.2, 0.25) is 5.02 Å². The van der Waals surface area contributed by atoms with Crippen LogP contribution >= 0.6 is 11.6 Å². The van der Waals surface area contributed by atoms with E-state index in [1.165, 1.54) is 28.9 Å². The van der Waals surface area contributed by atoms with Crippen molar-refractivity contribution in [1.29, 1.82) is 0 Å². The summed E-state index contributed by atoms with van der Waals surface area (Å²) in [5.41, 5.74) is 1.03. The fourth-order valence-corrected chi connectivity index (χ4v) is 7.04. The Morgan fingerprint density at radius 1 is 1.14 bits per heavy atom. The number of hydrogen-bond donors (Lipinski definition) is 2. The molecule has 0 saturated heterocycles. The minimum atomic E-state index is -4.29. The van der Waals surface area contributed by atoms with Gasteiger partial charge in [0, 0.05) is 5.69 Å². The first-order chi connectivity index (χ1) is 19.8. The summed E-state index contributed by atoms with van der Waals surface area (Å²) in [4.78, 5) is 30.3. The molecule has 1 saturated carbocycles. The lowest BCUT2D eigenvalue weighted by molar-refractivity contribution is -0.153. The number of amides is 1. The van der Waals surface area contributed by atoms with Gasteiger partial charge in [0.15, 0.2) is 5.82 Å². The first-order valence-electron chi connectivity index (χ1n) is 14.0. The fraction of sp³-hybridized carbons (Fsp3) is 0.433. The molecular formula is C30H38ClN5O5S. The van der Waals surface area contributed by atoms with Gasteiger partial charge in [0.2, 0.25) is 0 Å². The second-order valence-electron chi connectivity index (χ2n) is 11.3. The van der Waals surface area contributed by atoms with Crippen molar-refractivity contribution in [2.75, 3.05) is 22.0 Å². The number of sulfonamides is 1. The number of carbonyl (C=O) groups excluding carboxylic acids is 2. The van der Waals surface area contributed by atoms with E-state index in [2.05, 4.69) is 31.1 Å². The van der Waals surface area contributed by atoms with Gasteiger partial charge in [0.1, 0.15) is 18.5 Å². The van der Waals surface area contributed by atoms with E-state index in [1.807, 2.05) is 0 Å². The second-order valence-corrected chi connectivity index (χ2v) is 13.5. The second kappa shape index (κ2) is 12.7. The molecule has 0 bridgehead atoms. The molecule has 0 aliphatic heterocycles. The number of nitrogens with two attached hydrogens (primary N) is 1. The number of ether oxygens (including phenoxy) is 1. The summed E-state index contributed by atoms with van der Waals surface area (Å²) in [6, 6.07) is 12.3. The van der Waals surface area contributed by atoms with E-state index in [0.29, 0.717) is 34.1 Å². The Hall–Kier alpha value is -3.57. The highest BCUT2D eigenvalue weighted by Gasteiger charge is 2.36. The van der Waals surface area contributed by atoms with Gasteiger partial charge < -0.3 is 15.9 Å². The third-order valence-corrected chi connectivity index (χ3v) is 9.95. The molecule has 3 N–H and O–H groups in total. The summed E-state index contributed by atoms with van der Waals surface area (Å²) in [5.74, 6) is 6.34. The number of esters is 1. The van der Waals surface area contributed by atoms with Crippen molar-refractivity contribution in [3.05, 3.63) is 70.6 Å². The van der Waals surface area contributed by atoms with E-state index in [-0.39, 0.29) is 28.3 Å². The maximum Gasteiger partial charge on any atom is 0.327 e. The average Bonchev–Trinajstić information content (AvgIpc) is 3.18. The zero-order valence-electron chi connectivity index (χ0n) is 24.5. The molecule has 12 heteroatoms. The van der Waals surface area contributed by atoms with Crippen LogP contribution in [-0.4, -0.2) is 42.6 Å². The Bertz CT molecular complexity index is 1550. The first-order valence-corrected chi connectivity index (χ1v) is 15.8. The van der Waals surface area contributed by atoms with Gasteiger partial charge >= 0.3 is 5.97 Å². The fourth-order valence-electron chi connectivity index (χ4n) is 5.40. The zero-order valence-corrected chi connectivity index (χ0v) is 26.1. The van der Waals surface area contributed by atoms with Crippen LogP contribution in [0.25, 0.3) is 0 Å². The normalized spacial score (nSPS) is 19.0. The monoisotopic (exact) mass is 615 g/mol. The van der Waals surface area contributed by atoms with Crippen LogP contribution in [0.15, 0.2) is 53.4 Å². The molecule has 1 amide bonds. The molecule has 0 unspecified atom stereocenters. The van der Waals surface area contributed by atoms with Crippen molar-refractivity contribution in [1.82, 2.24) is 9.66 Å². The smallest absolute Gasteiger partial charge is 0.327 e. The van der Waals surface area contributed by atoms with Gasteiger partial charge in [-0.25, -0.2) is 22.4 Å². The van der Waals surface area contributed by atoms with Crippen LogP contribution in [0.5, 0.6) is 0 Å². The largest absolute Gasteiger partial charge is 0.461 e. The predicted molar refractivity (Wildman–Crippen MR) is 163 cm³/mol. The first kappa shape index (κ1) is 31.4. The lowest BCUT2D eigenvalue weighted by atomic mass is 9.75. The minimum absolute atomic E-state index is 0.0421. The molecule has 1 aromatic heterocycles. The van der Waals surface area contributed by atoms with Crippen molar-refractivity contribution in [3.63, 3.8) is 0 Å². The van der Waals surface area contributed by atoms with Crippen LogP contribution in [0, 0.1) is 31.6 Å². The molecule has 10 nitrogen and oxygen atoms in total. The Morgan fingerprint density at radius 2 is 1.81 bits per heavy atom. The molecule has 42 heavy (non-hydrogen) atoms. The van der Waals surface area contributed by atoms with Gasteiger partial charge in [-0.1, -0.05) is 50.9 Å². The summed E-state index contributed by atoms with van der Waals surface area (Å²) in [6.45, 7) is 9.06. The highest BCUT2D eigenvalue weighted by atomic mass is 35.5. The number of imidazole rings is 1. The van der Waals surface area contributed by atoms with Crippen LogP contribution in [-0.2, 0) is 19.6 Å². The van der Waals surface area contributed by atoms with E-state index in [0.717, 1.165) is 23.6 Å². The molecule has 3 aromatic rings. The number of benzene rings is 2. The van der Waals surface area contributed by atoms with Crippen molar-refractivity contribution in [2.45, 2.75) is 64.9 Å². The van der Waals surface area contributed by atoms with Gasteiger partial charge in [0.25, 0.3) is 15.9 Å². The van der Waals surface area contributed by atoms with E-state index >= 15 is 0 Å². The number of carbonyl (C=O) groups is 2. The van der Waals surface area contributed by atoms with Gasteiger partial charge in [-0.2, -0.15) is 0 Å². The van der Waals surface area contributed by atoms with E-state index in [4.69, 9.17) is 22.2 Å². The van der Waals surface area contributed by atoms with Crippen LogP contribution < -0.4 is 15.5 Å². The maximum absolute atomic E-state index is 14.0. The number of aryl methyl sites for hydroxylation is 1. The number of hydrogen-bond acceptors (Lipinski definition) is 7. The third kappa shape index (κ3) is 6.73. The van der Waals surface area contributed by atoms with Gasteiger partial charge in [0.05, 0.1) is 21.2 Å². The molecule has 226 valence electrons. The van der Waals surface area contributed by atoms with Crippen molar-refractivity contribution in [2.24, 2.45) is 17.8 Å². The number of nitrogens with zero attached hydrogens (tertiary/aromatic N) is 3. The number of halogens is 1.